The molecule has 0 bridgehead atoms. The number of thiazole rings is 1. The molecule has 0 amide bonds. The van der Waals surface area contributed by atoms with Crippen LogP contribution in [-0.2, 0) is 13.5 Å². The van der Waals surface area contributed by atoms with Gasteiger partial charge in [0.15, 0.2) is 0 Å². The van der Waals surface area contributed by atoms with Crippen molar-refractivity contribution >= 4 is 11.3 Å². The molecule has 2 aromatic rings. The van der Waals surface area contributed by atoms with Crippen molar-refractivity contribution in [2.75, 3.05) is 0 Å². The van der Waals surface area contributed by atoms with Gasteiger partial charge in [0.05, 0.1) is 17.4 Å². The predicted octanol–water partition coefficient (Wildman–Crippen LogP) is 2.60. The average Bonchev–Trinajstić information content (AvgIpc) is 3.00. The van der Waals surface area contributed by atoms with Crippen molar-refractivity contribution in [1.29, 1.82) is 0 Å². The van der Waals surface area contributed by atoms with Gasteiger partial charge in [-0.25, -0.2) is 4.98 Å². The van der Waals surface area contributed by atoms with Crippen LogP contribution < -0.4 is 5.32 Å². The van der Waals surface area contributed by atoms with Gasteiger partial charge in [0.1, 0.15) is 0 Å². The van der Waals surface area contributed by atoms with E-state index >= 15 is 0 Å². The molecule has 0 saturated carbocycles. The van der Waals surface area contributed by atoms with Crippen molar-refractivity contribution < 1.29 is 0 Å². The lowest BCUT2D eigenvalue weighted by Crippen LogP contribution is -2.27. The van der Waals surface area contributed by atoms with Crippen LogP contribution in [0.3, 0.4) is 0 Å². The molecule has 96 valence electrons. The maximum absolute atomic E-state index is 4.38. The second-order valence-corrected chi connectivity index (χ2v) is 5.64. The summed E-state index contributed by atoms with van der Waals surface area (Å²) in [5.74, 6) is 0. The van der Waals surface area contributed by atoms with Crippen molar-refractivity contribution in [2.24, 2.45) is 7.05 Å². The van der Waals surface area contributed by atoms with Crippen LogP contribution in [0, 0.1) is 0 Å². The van der Waals surface area contributed by atoms with E-state index in [1.54, 1.807) is 11.3 Å². The summed E-state index contributed by atoms with van der Waals surface area (Å²) in [6.45, 7) is 2.18. The number of hydrogen-bond acceptors (Lipinski definition) is 4. The molecule has 5 heteroatoms. The van der Waals surface area contributed by atoms with Gasteiger partial charge in [-0.2, -0.15) is 5.10 Å². The lowest BCUT2D eigenvalue weighted by Gasteiger charge is -2.26. The molecule has 0 radical (unpaired) electrons. The molecule has 18 heavy (non-hydrogen) atoms. The molecule has 2 aromatic heterocycles. The first-order chi connectivity index (χ1) is 8.75. The quantitative estimate of drug-likeness (QED) is 0.924. The van der Waals surface area contributed by atoms with Crippen molar-refractivity contribution in [3.63, 3.8) is 0 Å². The highest BCUT2D eigenvalue weighted by atomic mass is 32.1. The molecule has 0 saturated heterocycles. The van der Waals surface area contributed by atoms with Gasteiger partial charge in [-0.05, 0) is 26.2 Å². The van der Waals surface area contributed by atoms with E-state index in [2.05, 4.69) is 27.7 Å². The van der Waals surface area contributed by atoms with E-state index < -0.39 is 0 Å². The Hall–Kier alpha value is -1.20. The molecular formula is C13H18N4S. The fraction of sp³-hybridized carbons (Fsp3) is 0.538. The number of aryl methyl sites for hydroxylation is 1. The molecule has 1 aliphatic rings. The summed E-state index contributed by atoms with van der Waals surface area (Å²) in [5.41, 5.74) is 5.77. The fourth-order valence-electron chi connectivity index (χ4n) is 2.70. The van der Waals surface area contributed by atoms with Gasteiger partial charge in [-0.1, -0.05) is 0 Å². The standard InChI is InChI=1S/C13H18N4S/c1-9(12-7-18-8-14-12)16-11-4-3-5-13-10(11)6-15-17(13)2/h6-9,11,16H,3-5H2,1-2H3. The Morgan fingerprint density at radius 1 is 1.56 bits per heavy atom. The van der Waals surface area contributed by atoms with E-state index in [0.717, 1.165) is 12.1 Å². The lowest BCUT2D eigenvalue weighted by molar-refractivity contribution is 0.407. The van der Waals surface area contributed by atoms with E-state index in [-0.39, 0.29) is 0 Å². The summed E-state index contributed by atoms with van der Waals surface area (Å²) < 4.78 is 2.01. The highest BCUT2D eigenvalue weighted by Crippen LogP contribution is 2.31. The Labute approximate surface area is 111 Å². The van der Waals surface area contributed by atoms with Gasteiger partial charge < -0.3 is 5.32 Å². The fourth-order valence-corrected chi connectivity index (χ4v) is 3.35. The Bertz CT molecular complexity index is 517. The number of nitrogens with one attached hydrogen (secondary N) is 1. The highest BCUT2D eigenvalue weighted by Gasteiger charge is 2.24. The third-order valence-corrected chi connectivity index (χ3v) is 4.33. The first kappa shape index (κ1) is 11.9. The zero-order chi connectivity index (χ0) is 12.5. The van der Waals surface area contributed by atoms with Crippen LogP contribution in [0.15, 0.2) is 17.1 Å². The maximum atomic E-state index is 4.38. The molecule has 0 spiro atoms. The molecule has 2 atom stereocenters. The van der Waals surface area contributed by atoms with Crippen LogP contribution in [0.25, 0.3) is 0 Å². The molecule has 1 N–H and O–H groups in total. The molecule has 2 heterocycles. The largest absolute Gasteiger partial charge is 0.302 e. The lowest BCUT2D eigenvalue weighted by atomic mass is 9.92. The first-order valence-electron chi connectivity index (χ1n) is 6.40. The minimum Gasteiger partial charge on any atom is -0.302 e. The predicted molar refractivity (Wildman–Crippen MR) is 72.6 cm³/mol. The summed E-state index contributed by atoms with van der Waals surface area (Å²) in [6, 6.07) is 0.714. The third-order valence-electron chi connectivity index (χ3n) is 3.72. The monoisotopic (exact) mass is 262 g/mol. The minimum absolute atomic E-state index is 0.299. The Kier molecular flexibility index (Phi) is 3.18. The van der Waals surface area contributed by atoms with Crippen molar-refractivity contribution in [1.82, 2.24) is 20.1 Å². The molecule has 4 nitrogen and oxygen atoms in total. The summed E-state index contributed by atoms with van der Waals surface area (Å²) in [7, 11) is 2.03. The normalized spacial score (nSPS) is 20.7. The summed E-state index contributed by atoms with van der Waals surface area (Å²) in [4.78, 5) is 4.38. The SMILES string of the molecule is CC(NC1CCCc2c1cnn2C)c1cscn1. The van der Waals surface area contributed by atoms with Crippen molar-refractivity contribution in [3.05, 3.63) is 34.0 Å². The second-order valence-electron chi connectivity index (χ2n) is 4.92. The van der Waals surface area contributed by atoms with Gasteiger partial charge in [0.25, 0.3) is 0 Å². The van der Waals surface area contributed by atoms with E-state index in [0.29, 0.717) is 12.1 Å². The zero-order valence-corrected chi connectivity index (χ0v) is 11.6. The summed E-state index contributed by atoms with van der Waals surface area (Å²) >= 11 is 1.65. The highest BCUT2D eigenvalue weighted by molar-refractivity contribution is 7.07. The van der Waals surface area contributed by atoms with Gasteiger partial charge in [-0.3, -0.25) is 4.68 Å². The Morgan fingerprint density at radius 2 is 2.44 bits per heavy atom. The van der Waals surface area contributed by atoms with Crippen molar-refractivity contribution in [3.8, 4) is 0 Å². The van der Waals surface area contributed by atoms with E-state index in [1.165, 1.54) is 24.1 Å². The van der Waals surface area contributed by atoms with Crippen LogP contribution in [0.4, 0.5) is 0 Å². The molecule has 1 aliphatic carbocycles. The summed E-state index contributed by atoms with van der Waals surface area (Å²) in [5, 5.41) is 10.2. The Morgan fingerprint density at radius 3 is 3.22 bits per heavy atom. The molecule has 0 aliphatic heterocycles. The minimum atomic E-state index is 0.299. The van der Waals surface area contributed by atoms with E-state index in [9.17, 15) is 0 Å². The second kappa shape index (κ2) is 4.82. The van der Waals surface area contributed by atoms with Crippen LogP contribution >= 0.6 is 11.3 Å². The third kappa shape index (κ3) is 2.08. The van der Waals surface area contributed by atoms with Crippen LogP contribution in [-0.4, -0.2) is 14.8 Å². The van der Waals surface area contributed by atoms with E-state index in [1.807, 2.05) is 23.4 Å². The zero-order valence-electron chi connectivity index (χ0n) is 10.8. The van der Waals surface area contributed by atoms with Crippen LogP contribution in [0.2, 0.25) is 0 Å². The average molecular weight is 262 g/mol. The number of fused-ring (bicyclic) bond motifs is 1. The van der Waals surface area contributed by atoms with Crippen LogP contribution in [0.5, 0.6) is 0 Å². The number of hydrogen-bond donors (Lipinski definition) is 1. The number of rotatable bonds is 3. The number of aromatic nitrogens is 3. The molecular weight excluding hydrogens is 244 g/mol. The van der Waals surface area contributed by atoms with E-state index in [4.69, 9.17) is 0 Å². The Balaban J connectivity index is 1.78. The maximum Gasteiger partial charge on any atom is 0.0795 e. The topological polar surface area (TPSA) is 42.7 Å². The first-order valence-corrected chi connectivity index (χ1v) is 7.35. The molecule has 3 rings (SSSR count). The molecule has 0 fully saturated rings. The van der Waals surface area contributed by atoms with Gasteiger partial charge >= 0.3 is 0 Å². The molecule has 2 unspecified atom stereocenters. The van der Waals surface area contributed by atoms with Crippen LogP contribution in [0.1, 0.15) is 48.8 Å². The van der Waals surface area contributed by atoms with Gasteiger partial charge in [0, 0.05) is 35.8 Å². The van der Waals surface area contributed by atoms with Crippen molar-refractivity contribution in [2.45, 2.75) is 38.3 Å². The van der Waals surface area contributed by atoms with Gasteiger partial charge in [0.2, 0.25) is 0 Å². The molecule has 0 aromatic carbocycles. The van der Waals surface area contributed by atoms with Gasteiger partial charge in [-0.15, -0.1) is 11.3 Å². The summed E-state index contributed by atoms with van der Waals surface area (Å²) in [6.07, 6.45) is 5.58. The number of nitrogens with zero attached hydrogens (tertiary/aromatic N) is 3. The smallest absolute Gasteiger partial charge is 0.0795 e.